The molecule has 0 unspecified atom stereocenters. The highest BCUT2D eigenvalue weighted by molar-refractivity contribution is 5.85. The molecule has 116 valence electrons. The van der Waals surface area contributed by atoms with Crippen LogP contribution in [-0.2, 0) is 4.79 Å². The molecule has 0 saturated carbocycles. The smallest absolute Gasteiger partial charge is 0.258 e. The first-order valence-corrected chi connectivity index (χ1v) is 7.31. The van der Waals surface area contributed by atoms with Gasteiger partial charge in [-0.25, -0.2) is 4.98 Å². The number of rotatable bonds is 3. The standard InChI is InChI=1S/C15H19N5O2/c1-10-17-14(22-18-10)11-6-7-16-13(9-11)20-8-4-5-12(20)15(21)19(2)3/h6-7,9,12H,4-5,8H2,1-3H3/t12-/m0/s1. The minimum absolute atomic E-state index is 0.110. The quantitative estimate of drug-likeness (QED) is 0.855. The van der Waals surface area contributed by atoms with Crippen LogP contribution < -0.4 is 4.90 Å². The Morgan fingerprint density at radius 2 is 2.27 bits per heavy atom. The molecule has 0 N–H and O–H groups in total. The summed E-state index contributed by atoms with van der Waals surface area (Å²) in [7, 11) is 3.56. The van der Waals surface area contributed by atoms with Crippen molar-refractivity contribution in [2.24, 2.45) is 0 Å². The van der Waals surface area contributed by atoms with E-state index < -0.39 is 0 Å². The molecule has 2 aromatic heterocycles. The van der Waals surface area contributed by atoms with E-state index in [0.29, 0.717) is 11.7 Å². The summed E-state index contributed by atoms with van der Waals surface area (Å²) in [6.45, 7) is 2.60. The zero-order chi connectivity index (χ0) is 15.7. The number of carbonyl (C=O) groups excluding carboxylic acids is 1. The summed E-state index contributed by atoms with van der Waals surface area (Å²) < 4.78 is 5.20. The lowest BCUT2D eigenvalue weighted by molar-refractivity contribution is -0.129. The third-order valence-electron chi connectivity index (χ3n) is 3.79. The first-order valence-electron chi connectivity index (χ1n) is 7.31. The molecule has 1 aliphatic rings. The van der Waals surface area contributed by atoms with Crippen LogP contribution in [0.15, 0.2) is 22.9 Å². The molecule has 0 bridgehead atoms. The van der Waals surface area contributed by atoms with Gasteiger partial charge in [0.15, 0.2) is 5.82 Å². The van der Waals surface area contributed by atoms with Crippen molar-refractivity contribution in [3.05, 3.63) is 24.2 Å². The van der Waals surface area contributed by atoms with Crippen molar-refractivity contribution in [1.29, 1.82) is 0 Å². The fourth-order valence-corrected chi connectivity index (χ4v) is 2.72. The Morgan fingerprint density at radius 3 is 2.95 bits per heavy atom. The van der Waals surface area contributed by atoms with E-state index in [1.165, 1.54) is 0 Å². The van der Waals surface area contributed by atoms with Crippen molar-refractivity contribution in [1.82, 2.24) is 20.0 Å². The Labute approximate surface area is 128 Å². The highest BCUT2D eigenvalue weighted by Crippen LogP contribution is 2.28. The molecular formula is C15H19N5O2. The summed E-state index contributed by atoms with van der Waals surface area (Å²) in [6.07, 6.45) is 3.54. The zero-order valence-electron chi connectivity index (χ0n) is 13.0. The van der Waals surface area contributed by atoms with Crippen LogP contribution in [-0.4, -0.2) is 52.6 Å². The number of pyridine rings is 1. The minimum atomic E-state index is -0.151. The molecule has 1 saturated heterocycles. The van der Waals surface area contributed by atoms with Gasteiger partial charge in [0, 0.05) is 32.4 Å². The maximum Gasteiger partial charge on any atom is 0.258 e. The van der Waals surface area contributed by atoms with Gasteiger partial charge < -0.3 is 14.3 Å². The van der Waals surface area contributed by atoms with Gasteiger partial charge in [-0.3, -0.25) is 4.79 Å². The van der Waals surface area contributed by atoms with Crippen molar-refractivity contribution < 1.29 is 9.32 Å². The number of aryl methyl sites for hydroxylation is 1. The second kappa shape index (κ2) is 5.75. The van der Waals surface area contributed by atoms with Crippen LogP contribution in [0.3, 0.4) is 0 Å². The molecule has 7 nitrogen and oxygen atoms in total. The molecule has 1 atom stereocenters. The van der Waals surface area contributed by atoms with Gasteiger partial charge in [-0.15, -0.1) is 0 Å². The SMILES string of the molecule is Cc1noc(-c2ccnc(N3CCC[C@H]3C(=O)N(C)C)c2)n1. The molecule has 22 heavy (non-hydrogen) atoms. The molecule has 0 aliphatic carbocycles. The largest absolute Gasteiger partial charge is 0.347 e. The highest BCUT2D eigenvalue weighted by atomic mass is 16.5. The molecule has 2 aromatic rings. The average Bonchev–Trinajstić information content (AvgIpc) is 3.15. The Morgan fingerprint density at radius 1 is 1.45 bits per heavy atom. The van der Waals surface area contributed by atoms with Crippen molar-refractivity contribution in [3.8, 4) is 11.5 Å². The minimum Gasteiger partial charge on any atom is -0.347 e. The van der Waals surface area contributed by atoms with E-state index in [-0.39, 0.29) is 11.9 Å². The second-order valence-electron chi connectivity index (χ2n) is 5.63. The van der Waals surface area contributed by atoms with Gasteiger partial charge in [-0.2, -0.15) is 4.98 Å². The Bertz CT molecular complexity index is 682. The van der Waals surface area contributed by atoms with Crippen LogP contribution >= 0.6 is 0 Å². The lowest BCUT2D eigenvalue weighted by Gasteiger charge is -2.27. The molecule has 3 rings (SSSR count). The van der Waals surface area contributed by atoms with Crippen LogP contribution in [0, 0.1) is 6.92 Å². The van der Waals surface area contributed by atoms with Gasteiger partial charge >= 0.3 is 0 Å². The Kier molecular flexibility index (Phi) is 3.79. The summed E-state index contributed by atoms with van der Waals surface area (Å²) in [5.41, 5.74) is 0.813. The van der Waals surface area contributed by atoms with E-state index in [2.05, 4.69) is 20.0 Å². The van der Waals surface area contributed by atoms with Crippen LogP contribution in [0.5, 0.6) is 0 Å². The molecule has 1 fully saturated rings. The van der Waals surface area contributed by atoms with Crippen LogP contribution in [0.25, 0.3) is 11.5 Å². The highest BCUT2D eigenvalue weighted by Gasteiger charge is 2.32. The fraction of sp³-hybridized carbons (Fsp3) is 0.467. The zero-order valence-corrected chi connectivity index (χ0v) is 13.0. The lowest BCUT2D eigenvalue weighted by Crippen LogP contribution is -2.43. The summed E-state index contributed by atoms with van der Waals surface area (Å²) >= 11 is 0. The van der Waals surface area contributed by atoms with Crippen LogP contribution in [0.1, 0.15) is 18.7 Å². The third kappa shape index (κ3) is 2.66. The number of likely N-dealkylation sites (N-methyl/N-ethyl adjacent to an activating group) is 1. The number of amides is 1. The summed E-state index contributed by atoms with van der Waals surface area (Å²) in [6, 6.07) is 3.57. The topological polar surface area (TPSA) is 75.4 Å². The lowest BCUT2D eigenvalue weighted by atomic mass is 10.2. The van der Waals surface area contributed by atoms with Crippen molar-refractivity contribution in [2.45, 2.75) is 25.8 Å². The molecule has 0 spiro atoms. The third-order valence-corrected chi connectivity index (χ3v) is 3.79. The van der Waals surface area contributed by atoms with Gasteiger partial charge in [0.1, 0.15) is 11.9 Å². The Balaban J connectivity index is 1.90. The predicted molar refractivity (Wildman–Crippen MR) is 81.3 cm³/mol. The molecule has 7 heteroatoms. The number of nitrogens with zero attached hydrogens (tertiary/aromatic N) is 5. The van der Waals surface area contributed by atoms with E-state index >= 15 is 0 Å². The summed E-state index contributed by atoms with van der Waals surface area (Å²) in [5.74, 6) is 1.94. The molecule has 1 amide bonds. The van der Waals surface area contributed by atoms with E-state index in [9.17, 15) is 4.79 Å². The van der Waals surface area contributed by atoms with Crippen molar-refractivity contribution in [2.75, 3.05) is 25.5 Å². The normalized spacial score (nSPS) is 17.8. The first kappa shape index (κ1) is 14.5. The number of carbonyl (C=O) groups is 1. The molecular weight excluding hydrogens is 282 g/mol. The average molecular weight is 301 g/mol. The van der Waals surface area contributed by atoms with E-state index in [0.717, 1.165) is 30.8 Å². The fourth-order valence-electron chi connectivity index (χ4n) is 2.72. The maximum absolute atomic E-state index is 12.3. The van der Waals surface area contributed by atoms with Crippen molar-refractivity contribution >= 4 is 11.7 Å². The van der Waals surface area contributed by atoms with Gasteiger partial charge in [-0.1, -0.05) is 5.16 Å². The first-order chi connectivity index (χ1) is 10.6. The summed E-state index contributed by atoms with van der Waals surface area (Å²) in [5, 5.41) is 3.81. The second-order valence-corrected chi connectivity index (χ2v) is 5.63. The number of hydrogen-bond donors (Lipinski definition) is 0. The number of hydrogen-bond acceptors (Lipinski definition) is 6. The van der Waals surface area contributed by atoms with Gasteiger partial charge in [0.25, 0.3) is 5.89 Å². The predicted octanol–water partition coefficient (Wildman–Crippen LogP) is 1.50. The van der Waals surface area contributed by atoms with E-state index in [4.69, 9.17) is 4.52 Å². The van der Waals surface area contributed by atoms with Crippen molar-refractivity contribution in [3.63, 3.8) is 0 Å². The van der Waals surface area contributed by atoms with Crippen LogP contribution in [0.2, 0.25) is 0 Å². The number of anilines is 1. The van der Waals surface area contributed by atoms with Gasteiger partial charge in [0.2, 0.25) is 5.91 Å². The molecule has 0 radical (unpaired) electrons. The monoisotopic (exact) mass is 301 g/mol. The van der Waals surface area contributed by atoms with E-state index in [1.807, 2.05) is 12.1 Å². The van der Waals surface area contributed by atoms with Crippen LogP contribution in [0.4, 0.5) is 5.82 Å². The number of aromatic nitrogens is 3. The van der Waals surface area contributed by atoms with E-state index in [1.54, 1.807) is 32.1 Å². The molecule has 1 aliphatic heterocycles. The Hall–Kier alpha value is -2.44. The summed E-state index contributed by atoms with van der Waals surface area (Å²) in [4.78, 5) is 24.6. The maximum atomic E-state index is 12.3. The van der Waals surface area contributed by atoms with Gasteiger partial charge in [-0.05, 0) is 31.9 Å². The molecule has 3 heterocycles. The molecule has 0 aromatic carbocycles. The van der Waals surface area contributed by atoms with Gasteiger partial charge in [0.05, 0.1) is 0 Å².